The summed E-state index contributed by atoms with van der Waals surface area (Å²) in [6.07, 6.45) is 2.63. The van der Waals surface area contributed by atoms with E-state index in [9.17, 15) is 14.7 Å². The van der Waals surface area contributed by atoms with E-state index in [4.69, 9.17) is 4.74 Å². The Kier molecular flexibility index (Phi) is 4.37. The number of carboxylic acid groups (broad SMARTS) is 1. The molecule has 4 atom stereocenters. The van der Waals surface area contributed by atoms with Gasteiger partial charge in [-0.25, -0.2) is 0 Å². The number of carbonyl (C=O) groups excluding carboxylic acids is 2. The maximum absolute atomic E-state index is 12.7. The Morgan fingerprint density at radius 1 is 0.885 bits per heavy atom. The van der Waals surface area contributed by atoms with Gasteiger partial charge in [-0.1, -0.05) is 18.2 Å². The van der Waals surface area contributed by atoms with E-state index >= 15 is 0 Å². The van der Waals surface area contributed by atoms with E-state index in [0.29, 0.717) is 11.4 Å². The number of aliphatic carboxylic acids is 1. The largest absolute Gasteiger partial charge is 0.550 e. The van der Waals surface area contributed by atoms with Crippen molar-refractivity contribution in [1.82, 2.24) is 0 Å². The van der Waals surface area contributed by atoms with Crippen molar-refractivity contribution in [2.75, 3.05) is 5.32 Å². The Morgan fingerprint density at radius 3 is 2.15 bits per heavy atom. The van der Waals surface area contributed by atoms with Gasteiger partial charge in [0.05, 0.1) is 0 Å². The number of anilines is 1. The normalized spacial score (nSPS) is 26.5. The summed E-state index contributed by atoms with van der Waals surface area (Å²) in [7, 11) is 0. The lowest BCUT2D eigenvalue weighted by molar-refractivity contribution is -0.314. The summed E-state index contributed by atoms with van der Waals surface area (Å²) in [6, 6.07) is 16.5. The van der Waals surface area contributed by atoms with Gasteiger partial charge in [0.1, 0.15) is 11.5 Å². The second kappa shape index (κ2) is 6.83. The number of nitrogens with one attached hydrogen (secondary N) is 1. The molecule has 1 amide bonds. The molecular weight excluding hydrogens is 330 g/mol. The van der Waals surface area contributed by atoms with Crippen molar-refractivity contribution in [3.05, 3.63) is 54.6 Å². The first-order valence-electron chi connectivity index (χ1n) is 8.96. The number of hydrogen-bond donors (Lipinski definition) is 1. The van der Waals surface area contributed by atoms with E-state index in [1.54, 1.807) is 24.3 Å². The molecular formula is C21H20NO4-. The third-order valence-corrected chi connectivity index (χ3v) is 5.59. The molecule has 2 saturated carbocycles. The lowest BCUT2D eigenvalue weighted by Gasteiger charge is -2.30. The Morgan fingerprint density at radius 2 is 1.50 bits per heavy atom. The molecule has 2 aliphatic rings. The van der Waals surface area contributed by atoms with E-state index in [2.05, 4.69) is 5.32 Å². The van der Waals surface area contributed by atoms with Crippen LogP contribution >= 0.6 is 0 Å². The maximum Gasteiger partial charge on any atom is 0.228 e. The number of hydrogen-bond acceptors (Lipinski definition) is 4. The molecule has 2 aliphatic carbocycles. The summed E-state index contributed by atoms with van der Waals surface area (Å²) >= 11 is 0. The summed E-state index contributed by atoms with van der Waals surface area (Å²) < 4.78 is 5.73. The van der Waals surface area contributed by atoms with Crippen molar-refractivity contribution >= 4 is 17.6 Å². The Bertz CT molecular complexity index is 803. The highest BCUT2D eigenvalue weighted by atomic mass is 16.5. The van der Waals surface area contributed by atoms with Crippen molar-refractivity contribution in [3.8, 4) is 11.5 Å². The Hall–Kier alpha value is -2.82. The SMILES string of the molecule is O=C([O-])[C@H]1[C@H]2CC[C@@H](C2)[C@@H]1C(=O)Nc1ccc(Oc2ccccc2)cc1. The maximum atomic E-state index is 12.7. The van der Waals surface area contributed by atoms with Crippen molar-refractivity contribution in [2.45, 2.75) is 19.3 Å². The fraction of sp³-hybridized carbons (Fsp3) is 0.333. The zero-order valence-electron chi connectivity index (χ0n) is 14.3. The number of carboxylic acids is 1. The molecule has 2 bridgehead atoms. The van der Waals surface area contributed by atoms with E-state index < -0.39 is 17.8 Å². The number of rotatable bonds is 5. The topological polar surface area (TPSA) is 78.5 Å². The minimum Gasteiger partial charge on any atom is -0.550 e. The monoisotopic (exact) mass is 350 g/mol. The molecule has 0 spiro atoms. The molecule has 1 N–H and O–H groups in total. The number of para-hydroxylation sites is 1. The fourth-order valence-corrected chi connectivity index (χ4v) is 4.46. The van der Waals surface area contributed by atoms with Crippen LogP contribution in [0.5, 0.6) is 11.5 Å². The van der Waals surface area contributed by atoms with Crippen LogP contribution in [-0.2, 0) is 9.59 Å². The molecule has 2 aromatic rings. The summed E-state index contributed by atoms with van der Waals surface area (Å²) in [5.74, 6) is -0.809. The van der Waals surface area contributed by atoms with Gasteiger partial charge in [0.25, 0.3) is 0 Å². The van der Waals surface area contributed by atoms with Crippen LogP contribution in [-0.4, -0.2) is 11.9 Å². The van der Waals surface area contributed by atoms with Gasteiger partial charge in [-0.3, -0.25) is 4.79 Å². The van der Waals surface area contributed by atoms with Crippen LogP contribution in [0.15, 0.2) is 54.6 Å². The zero-order valence-corrected chi connectivity index (χ0v) is 14.3. The minimum atomic E-state index is -1.09. The van der Waals surface area contributed by atoms with Gasteiger partial charge in [0.15, 0.2) is 0 Å². The lowest BCUT2D eigenvalue weighted by Crippen LogP contribution is -2.43. The van der Waals surface area contributed by atoms with E-state index in [0.717, 1.165) is 25.0 Å². The molecule has 0 aliphatic heterocycles. The van der Waals surface area contributed by atoms with Gasteiger partial charge < -0.3 is 20.0 Å². The second-order valence-electron chi connectivity index (χ2n) is 7.13. The highest BCUT2D eigenvalue weighted by Crippen LogP contribution is 2.52. The summed E-state index contributed by atoms with van der Waals surface area (Å²) in [6.45, 7) is 0. The average molecular weight is 350 g/mol. The molecule has 0 saturated heterocycles. The fourth-order valence-electron chi connectivity index (χ4n) is 4.46. The van der Waals surface area contributed by atoms with Crippen LogP contribution < -0.4 is 15.2 Å². The van der Waals surface area contributed by atoms with Crippen LogP contribution in [0, 0.1) is 23.7 Å². The number of fused-ring (bicyclic) bond motifs is 2. The minimum absolute atomic E-state index is 0.0856. The highest BCUT2D eigenvalue weighted by molar-refractivity contribution is 5.95. The first-order chi connectivity index (χ1) is 12.6. The Labute approximate surface area is 152 Å². The van der Waals surface area contributed by atoms with Gasteiger partial charge in [-0.15, -0.1) is 0 Å². The molecule has 2 fully saturated rings. The summed E-state index contributed by atoms with van der Waals surface area (Å²) in [5, 5.41) is 14.3. The van der Waals surface area contributed by atoms with Crippen molar-refractivity contribution in [2.24, 2.45) is 23.7 Å². The molecule has 0 aromatic heterocycles. The van der Waals surface area contributed by atoms with Crippen LogP contribution in [0.4, 0.5) is 5.69 Å². The number of carbonyl (C=O) groups is 2. The molecule has 0 radical (unpaired) electrons. The van der Waals surface area contributed by atoms with Gasteiger partial charge in [-0.05, 0) is 67.5 Å². The molecule has 134 valence electrons. The number of benzene rings is 2. The van der Waals surface area contributed by atoms with Crippen molar-refractivity contribution in [3.63, 3.8) is 0 Å². The first-order valence-corrected chi connectivity index (χ1v) is 8.96. The number of amides is 1. The van der Waals surface area contributed by atoms with Crippen molar-refractivity contribution < 1.29 is 19.4 Å². The standard InChI is InChI=1S/C21H21NO4/c23-20(18-13-6-7-14(12-13)19(18)21(24)25)22-15-8-10-17(11-9-15)26-16-4-2-1-3-5-16/h1-5,8-11,13-14,18-19H,6-7,12H2,(H,22,23)(H,24,25)/p-1/t13-,14-,18-,19-/m0/s1. The molecule has 26 heavy (non-hydrogen) atoms. The average Bonchev–Trinajstić information content (AvgIpc) is 3.25. The highest BCUT2D eigenvalue weighted by Gasteiger charge is 2.51. The molecule has 5 heteroatoms. The zero-order chi connectivity index (χ0) is 18.1. The molecule has 0 heterocycles. The molecule has 0 unspecified atom stereocenters. The second-order valence-corrected chi connectivity index (χ2v) is 7.13. The molecule has 2 aromatic carbocycles. The quantitative estimate of drug-likeness (QED) is 0.899. The van der Waals surface area contributed by atoms with E-state index in [-0.39, 0.29) is 17.7 Å². The van der Waals surface area contributed by atoms with Crippen molar-refractivity contribution in [1.29, 1.82) is 0 Å². The van der Waals surface area contributed by atoms with Crippen LogP contribution in [0.2, 0.25) is 0 Å². The third-order valence-electron chi connectivity index (χ3n) is 5.59. The predicted molar refractivity (Wildman–Crippen MR) is 94.4 cm³/mol. The Balaban J connectivity index is 1.42. The van der Waals surface area contributed by atoms with Gasteiger partial charge in [-0.2, -0.15) is 0 Å². The van der Waals surface area contributed by atoms with Gasteiger partial charge >= 0.3 is 0 Å². The van der Waals surface area contributed by atoms with Crippen LogP contribution in [0.25, 0.3) is 0 Å². The number of ether oxygens (including phenoxy) is 1. The summed E-state index contributed by atoms with van der Waals surface area (Å²) in [4.78, 5) is 24.1. The lowest BCUT2D eigenvalue weighted by atomic mass is 9.78. The van der Waals surface area contributed by atoms with E-state index in [1.807, 2.05) is 30.3 Å². The summed E-state index contributed by atoms with van der Waals surface area (Å²) in [5.41, 5.74) is 0.635. The van der Waals surface area contributed by atoms with Crippen LogP contribution in [0.1, 0.15) is 19.3 Å². The first kappa shape index (κ1) is 16.6. The smallest absolute Gasteiger partial charge is 0.228 e. The van der Waals surface area contributed by atoms with Gasteiger partial charge in [0.2, 0.25) is 5.91 Å². The molecule has 4 rings (SSSR count). The van der Waals surface area contributed by atoms with E-state index in [1.165, 1.54) is 0 Å². The van der Waals surface area contributed by atoms with Crippen LogP contribution in [0.3, 0.4) is 0 Å². The van der Waals surface area contributed by atoms with Gasteiger partial charge in [0, 0.05) is 23.5 Å². The predicted octanol–water partition coefficient (Wildman–Crippen LogP) is 2.83. The molecule has 5 nitrogen and oxygen atoms in total. The third kappa shape index (κ3) is 3.17.